The predicted octanol–water partition coefficient (Wildman–Crippen LogP) is 3.41. The normalized spacial score (nSPS) is 13.7. The molecule has 0 aromatic heterocycles. The van der Waals surface area contributed by atoms with Gasteiger partial charge in [-0.15, -0.1) is 0 Å². The molecule has 7 heteroatoms. The molecular formula is C12H14F5NO. The number of benzene rings is 1. The lowest BCUT2D eigenvalue weighted by Crippen LogP contribution is -2.22. The molecule has 0 spiro atoms. The summed E-state index contributed by atoms with van der Waals surface area (Å²) in [5.41, 5.74) is 4.39. The van der Waals surface area contributed by atoms with Gasteiger partial charge >= 0.3 is 6.18 Å². The minimum Gasteiger partial charge on any atom is -0.485 e. The molecule has 0 amide bonds. The van der Waals surface area contributed by atoms with Crippen molar-refractivity contribution in [2.24, 2.45) is 5.73 Å². The second kappa shape index (κ2) is 6.18. The maximum atomic E-state index is 12.8. The van der Waals surface area contributed by atoms with Gasteiger partial charge in [-0.2, -0.15) is 13.2 Å². The highest BCUT2D eigenvalue weighted by Crippen LogP contribution is 2.36. The molecular weight excluding hydrogens is 269 g/mol. The van der Waals surface area contributed by atoms with Crippen molar-refractivity contribution in [3.63, 3.8) is 0 Å². The van der Waals surface area contributed by atoms with Gasteiger partial charge in [-0.25, -0.2) is 8.78 Å². The monoisotopic (exact) mass is 283 g/mol. The van der Waals surface area contributed by atoms with E-state index >= 15 is 0 Å². The zero-order valence-electron chi connectivity index (χ0n) is 10.2. The van der Waals surface area contributed by atoms with Gasteiger partial charge in [-0.3, -0.25) is 0 Å². The van der Waals surface area contributed by atoms with Crippen molar-refractivity contribution in [2.75, 3.05) is 13.3 Å². The Bertz CT molecular complexity index is 415. The molecule has 0 radical (unpaired) electrons. The summed E-state index contributed by atoms with van der Waals surface area (Å²) in [7, 11) is 0. The van der Waals surface area contributed by atoms with E-state index in [4.69, 9.17) is 10.5 Å². The first kappa shape index (κ1) is 15.7. The molecule has 0 heterocycles. The maximum Gasteiger partial charge on any atom is 0.416 e. The zero-order chi connectivity index (χ0) is 14.6. The van der Waals surface area contributed by atoms with Gasteiger partial charge in [-0.05, 0) is 24.6 Å². The van der Waals surface area contributed by atoms with E-state index < -0.39 is 37.2 Å². The van der Waals surface area contributed by atoms with Crippen molar-refractivity contribution < 1.29 is 26.7 Å². The van der Waals surface area contributed by atoms with Crippen molar-refractivity contribution in [1.82, 2.24) is 0 Å². The number of nitrogens with two attached hydrogens (primary N) is 1. The van der Waals surface area contributed by atoms with Crippen molar-refractivity contribution in [3.8, 4) is 5.75 Å². The lowest BCUT2D eigenvalue weighted by molar-refractivity contribution is -0.138. The van der Waals surface area contributed by atoms with Gasteiger partial charge in [0.25, 0.3) is 0 Å². The van der Waals surface area contributed by atoms with Gasteiger partial charge in [0.2, 0.25) is 0 Å². The average molecular weight is 283 g/mol. The maximum absolute atomic E-state index is 12.8. The van der Waals surface area contributed by atoms with Crippen LogP contribution in [0.25, 0.3) is 0 Å². The van der Waals surface area contributed by atoms with Gasteiger partial charge in [0.15, 0.2) is 6.10 Å². The van der Waals surface area contributed by atoms with Gasteiger partial charge in [-0.1, -0.05) is 6.07 Å². The van der Waals surface area contributed by atoms with Crippen molar-refractivity contribution >= 4 is 0 Å². The van der Waals surface area contributed by atoms with Crippen LogP contribution in [-0.4, -0.2) is 19.5 Å². The molecule has 1 unspecified atom stereocenters. The summed E-state index contributed by atoms with van der Waals surface area (Å²) >= 11 is 0. The van der Waals surface area contributed by atoms with Crippen LogP contribution in [0.4, 0.5) is 22.0 Å². The fourth-order valence-electron chi connectivity index (χ4n) is 1.55. The quantitative estimate of drug-likeness (QED) is 0.840. The summed E-state index contributed by atoms with van der Waals surface area (Å²) in [5, 5.41) is 0. The standard InChI is InChI=1S/C12H14F5NO/c1-7(18)10-3-2-8(19-9(5-13)6-14)4-11(10)12(15,16)17/h2-4,7,9H,5-6,18H2,1H3. The summed E-state index contributed by atoms with van der Waals surface area (Å²) < 4.78 is 67.8. The fourth-order valence-corrected chi connectivity index (χ4v) is 1.55. The Hall–Kier alpha value is -1.37. The Morgan fingerprint density at radius 3 is 2.21 bits per heavy atom. The van der Waals surface area contributed by atoms with Crippen LogP contribution >= 0.6 is 0 Å². The highest BCUT2D eigenvalue weighted by molar-refractivity contribution is 5.39. The molecule has 1 atom stereocenters. The van der Waals surface area contributed by atoms with Crippen LogP contribution in [-0.2, 0) is 6.18 Å². The smallest absolute Gasteiger partial charge is 0.416 e. The molecule has 0 aliphatic rings. The number of rotatable bonds is 5. The highest BCUT2D eigenvalue weighted by Gasteiger charge is 2.34. The van der Waals surface area contributed by atoms with E-state index in [0.717, 1.165) is 6.07 Å². The average Bonchev–Trinajstić information content (AvgIpc) is 2.34. The first-order chi connectivity index (χ1) is 8.79. The summed E-state index contributed by atoms with van der Waals surface area (Å²) in [6.07, 6.45) is -6.01. The number of alkyl halides is 5. The molecule has 19 heavy (non-hydrogen) atoms. The first-order valence-electron chi connectivity index (χ1n) is 5.55. The van der Waals surface area contributed by atoms with Gasteiger partial charge < -0.3 is 10.5 Å². The molecule has 2 nitrogen and oxygen atoms in total. The highest BCUT2D eigenvalue weighted by atomic mass is 19.4. The third kappa shape index (κ3) is 4.05. The fraction of sp³-hybridized carbons (Fsp3) is 0.500. The van der Waals surface area contributed by atoms with E-state index in [2.05, 4.69) is 0 Å². The molecule has 0 saturated heterocycles. The van der Waals surface area contributed by atoms with Crippen LogP contribution < -0.4 is 10.5 Å². The van der Waals surface area contributed by atoms with Crippen molar-refractivity contribution in [2.45, 2.75) is 25.2 Å². The third-order valence-corrected chi connectivity index (χ3v) is 2.47. The Kier molecular flexibility index (Phi) is 5.11. The summed E-state index contributed by atoms with van der Waals surface area (Å²) in [4.78, 5) is 0. The molecule has 0 bridgehead atoms. The van der Waals surface area contributed by atoms with Gasteiger partial charge in [0, 0.05) is 6.04 Å². The molecule has 1 aromatic carbocycles. The van der Waals surface area contributed by atoms with Crippen LogP contribution in [0.3, 0.4) is 0 Å². The third-order valence-electron chi connectivity index (χ3n) is 2.47. The van der Waals surface area contributed by atoms with E-state index in [1.807, 2.05) is 0 Å². The SMILES string of the molecule is CC(N)c1ccc(OC(CF)CF)cc1C(F)(F)F. The molecule has 0 aliphatic heterocycles. The summed E-state index contributed by atoms with van der Waals surface area (Å²) in [6, 6.07) is 2.25. The molecule has 108 valence electrons. The van der Waals surface area contributed by atoms with Crippen molar-refractivity contribution in [3.05, 3.63) is 29.3 Å². The lowest BCUT2D eigenvalue weighted by Gasteiger charge is -2.18. The largest absolute Gasteiger partial charge is 0.485 e. The topological polar surface area (TPSA) is 35.2 Å². The van der Waals surface area contributed by atoms with E-state index in [0.29, 0.717) is 6.07 Å². The van der Waals surface area contributed by atoms with E-state index in [9.17, 15) is 22.0 Å². The summed E-state index contributed by atoms with van der Waals surface area (Å²) in [6.45, 7) is -0.823. The van der Waals surface area contributed by atoms with Crippen LogP contribution in [0.2, 0.25) is 0 Å². The zero-order valence-corrected chi connectivity index (χ0v) is 10.2. The number of ether oxygens (including phenoxy) is 1. The Balaban J connectivity index is 3.12. The van der Waals surface area contributed by atoms with E-state index in [-0.39, 0.29) is 11.3 Å². The van der Waals surface area contributed by atoms with Gasteiger partial charge in [0.05, 0.1) is 5.56 Å². The van der Waals surface area contributed by atoms with E-state index in [1.54, 1.807) is 0 Å². The molecule has 2 N–H and O–H groups in total. The summed E-state index contributed by atoms with van der Waals surface area (Å²) in [5.74, 6) is -0.239. The molecule has 0 fully saturated rings. The van der Waals surface area contributed by atoms with Crippen LogP contribution in [0.15, 0.2) is 18.2 Å². The Morgan fingerprint density at radius 2 is 1.79 bits per heavy atom. The molecule has 1 aromatic rings. The number of hydrogen-bond donors (Lipinski definition) is 1. The minimum absolute atomic E-state index is 0.100. The second-order valence-corrected chi connectivity index (χ2v) is 4.08. The molecule has 1 rings (SSSR count). The van der Waals surface area contributed by atoms with E-state index in [1.165, 1.54) is 13.0 Å². The van der Waals surface area contributed by atoms with Crippen molar-refractivity contribution in [1.29, 1.82) is 0 Å². The number of hydrogen-bond acceptors (Lipinski definition) is 2. The second-order valence-electron chi connectivity index (χ2n) is 4.08. The first-order valence-corrected chi connectivity index (χ1v) is 5.55. The number of halogens is 5. The van der Waals surface area contributed by atoms with Crippen LogP contribution in [0, 0.1) is 0 Å². The van der Waals surface area contributed by atoms with Crippen LogP contribution in [0.1, 0.15) is 24.1 Å². The van der Waals surface area contributed by atoms with Gasteiger partial charge in [0.1, 0.15) is 19.1 Å². The predicted molar refractivity (Wildman–Crippen MR) is 60.4 cm³/mol. The molecule has 0 aliphatic carbocycles. The Morgan fingerprint density at radius 1 is 1.21 bits per heavy atom. The molecule has 0 saturated carbocycles. The van der Waals surface area contributed by atoms with Crippen LogP contribution in [0.5, 0.6) is 5.75 Å². The minimum atomic E-state index is -4.61. The lowest BCUT2D eigenvalue weighted by atomic mass is 10.0. The Labute approximate surface area is 107 Å².